The molecule has 20 heavy (non-hydrogen) atoms. The molecule has 0 atom stereocenters. The van der Waals surface area contributed by atoms with Gasteiger partial charge in [-0.15, -0.1) is 0 Å². The van der Waals surface area contributed by atoms with E-state index in [4.69, 9.17) is 10.2 Å². The fourth-order valence-corrected chi connectivity index (χ4v) is 8.74. The van der Waals surface area contributed by atoms with Crippen molar-refractivity contribution in [3.8, 4) is 0 Å². The molecule has 5 heteroatoms. The molecule has 0 aromatic carbocycles. The van der Waals surface area contributed by atoms with Crippen LogP contribution >= 0.6 is 6.60 Å². The van der Waals surface area contributed by atoms with Crippen LogP contribution < -0.4 is 0 Å². The summed E-state index contributed by atoms with van der Waals surface area (Å²) >= 11 is 0. The molecule has 0 saturated carbocycles. The second kappa shape index (κ2) is 7.03. The van der Waals surface area contributed by atoms with Gasteiger partial charge in [0.1, 0.15) is 0 Å². The number of hydrogen-bond acceptors (Lipinski definition) is 2. The predicted molar refractivity (Wildman–Crippen MR) is 84.1 cm³/mol. The average Bonchev–Trinajstić information content (AvgIpc) is 2.43. The van der Waals surface area contributed by atoms with Crippen LogP contribution in [0.15, 0.2) is 24.0 Å². The van der Waals surface area contributed by atoms with Crippen molar-refractivity contribution in [1.29, 1.82) is 0 Å². The van der Waals surface area contributed by atoms with Crippen LogP contribution in [0.1, 0.15) is 32.6 Å². The second-order valence-electron chi connectivity index (χ2n) is 5.77. The first-order valence-corrected chi connectivity index (χ1v) is 10.2. The van der Waals surface area contributed by atoms with Gasteiger partial charge in [0.15, 0.2) is 0 Å². The summed E-state index contributed by atoms with van der Waals surface area (Å²) in [7, 11) is 0. The van der Waals surface area contributed by atoms with Crippen LogP contribution in [0.4, 0.5) is 0 Å². The predicted octanol–water partition coefficient (Wildman–Crippen LogP) is 3.37. The van der Waals surface area contributed by atoms with E-state index in [0.29, 0.717) is 12.3 Å². The van der Waals surface area contributed by atoms with Gasteiger partial charge in [0.2, 0.25) is 0 Å². The van der Waals surface area contributed by atoms with E-state index < -0.39 is 18.5 Å². The fraction of sp³-hybridized carbons (Fsp3) is 0.600. The van der Waals surface area contributed by atoms with Crippen LogP contribution in [0, 0.1) is 0 Å². The van der Waals surface area contributed by atoms with E-state index >= 15 is 0 Å². The Hall–Kier alpha value is -1.15. The van der Waals surface area contributed by atoms with Crippen LogP contribution in [0.25, 0.3) is 0 Å². The summed E-state index contributed by atoms with van der Waals surface area (Å²) in [6, 6.07) is 0. The van der Waals surface area contributed by atoms with Crippen molar-refractivity contribution in [1.82, 2.24) is 0 Å². The second-order valence-corrected chi connectivity index (χ2v) is 11.9. The minimum absolute atomic E-state index is 0.138. The van der Waals surface area contributed by atoms with E-state index in [-0.39, 0.29) is 12.8 Å². The van der Waals surface area contributed by atoms with Crippen LogP contribution in [-0.2, 0) is 9.59 Å². The SMILES string of the molecule is CC/C=C/P1(CCC(=O)O)(CCC(=O)O)CC=CCC1. The molecule has 1 aliphatic heterocycles. The zero-order valence-electron chi connectivity index (χ0n) is 12.1. The average molecular weight is 300 g/mol. The molecule has 0 radical (unpaired) electrons. The maximum atomic E-state index is 11.0. The zero-order valence-corrected chi connectivity index (χ0v) is 13.0. The Bertz CT molecular complexity index is 408. The van der Waals surface area contributed by atoms with Crippen molar-refractivity contribution in [2.45, 2.75) is 32.6 Å². The first kappa shape index (κ1) is 16.9. The molecule has 0 bridgehead atoms. The van der Waals surface area contributed by atoms with Crippen LogP contribution in [0.5, 0.6) is 0 Å². The maximum absolute atomic E-state index is 11.0. The third kappa shape index (κ3) is 4.45. The molecule has 0 unspecified atom stereocenters. The molecule has 0 saturated heterocycles. The Balaban J connectivity index is 3.09. The molecule has 1 rings (SSSR count). The van der Waals surface area contributed by atoms with E-state index in [1.54, 1.807) is 0 Å². The van der Waals surface area contributed by atoms with E-state index in [1.165, 1.54) is 0 Å². The van der Waals surface area contributed by atoms with Crippen molar-refractivity contribution in [3.05, 3.63) is 24.0 Å². The molecule has 0 aliphatic carbocycles. The van der Waals surface area contributed by atoms with Gasteiger partial charge in [0.25, 0.3) is 0 Å². The van der Waals surface area contributed by atoms with Crippen molar-refractivity contribution in [2.24, 2.45) is 0 Å². The molecule has 1 heterocycles. The molecule has 114 valence electrons. The Morgan fingerprint density at radius 2 is 1.75 bits per heavy atom. The first-order chi connectivity index (χ1) is 9.41. The summed E-state index contributed by atoms with van der Waals surface area (Å²) in [6.45, 7) is -0.340. The molecule has 0 spiro atoms. The van der Waals surface area contributed by atoms with Gasteiger partial charge in [0, 0.05) is 0 Å². The topological polar surface area (TPSA) is 74.6 Å². The Labute approximate surface area is 120 Å². The van der Waals surface area contributed by atoms with Gasteiger partial charge in [-0.1, -0.05) is 0 Å². The Morgan fingerprint density at radius 3 is 2.15 bits per heavy atom. The first-order valence-electron chi connectivity index (χ1n) is 7.18. The summed E-state index contributed by atoms with van der Waals surface area (Å²) in [6.07, 6.45) is 11.6. The molecular weight excluding hydrogens is 275 g/mol. The van der Waals surface area contributed by atoms with Crippen molar-refractivity contribution < 1.29 is 19.8 Å². The van der Waals surface area contributed by atoms with Crippen LogP contribution in [-0.4, -0.2) is 46.8 Å². The minimum atomic E-state index is -2.39. The van der Waals surface area contributed by atoms with E-state index in [2.05, 4.69) is 31.0 Å². The van der Waals surface area contributed by atoms with Crippen LogP contribution in [0.3, 0.4) is 0 Å². The monoisotopic (exact) mass is 300 g/mol. The van der Waals surface area contributed by atoms with E-state index in [0.717, 1.165) is 25.2 Å². The molecule has 1 aliphatic rings. The Morgan fingerprint density at radius 1 is 1.15 bits per heavy atom. The third-order valence-electron chi connectivity index (χ3n) is 4.28. The zero-order chi connectivity index (χ0) is 15.1. The standard InChI is InChI=1S/C15H25O4P/c1-2-3-9-20(12-7-14(16)17,13-8-15(18)19)10-5-4-6-11-20/h3-5,9H,2,6-8,10-13H2,1H3,(H,16,17)(H,18,19)/b9-3+. The van der Waals surface area contributed by atoms with Gasteiger partial charge in [-0.25, -0.2) is 0 Å². The Kier molecular flexibility index (Phi) is 5.94. The van der Waals surface area contributed by atoms with Crippen molar-refractivity contribution in [2.75, 3.05) is 24.6 Å². The van der Waals surface area contributed by atoms with Gasteiger partial charge >= 0.3 is 120 Å². The summed E-state index contributed by atoms with van der Waals surface area (Å²) in [5.41, 5.74) is 0. The van der Waals surface area contributed by atoms with Gasteiger partial charge in [0.05, 0.1) is 0 Å². The number of carboxylic acids is 2. The molecule has 0 amide bonds. The normalized spacial score (nSPS) is 22.1. The fourth-order valence-electron chi connectivity index (χ4n) is 2.99. The van der Waals surface area contributed by atoms with Gasteiger partial charge in [-0.05, 0) is 0 Å². The summed E-state index contributed by atoms with van der Waals surface area (Å²) in [4.78, 5) is 22.0. The molecule has 2 N–H and O–H groups in total. The van der Waals surface area contributed by atoms with E-state index in [9.17, 15) is 9.59 Å². The molecule has 0 fully saturated rings. The number of allylic oxidation sites excluding steroid dienone is 3. The molecular formula is C15H25O4P. The summed E-state index contributed by atoms with van der Waals surface area (Å²) < 4.78 is 0. The summed E-state index contributed by atoms with van der Waals surface area (Å²) in [5.74, 6) is 0.661. The van der Waals surface area contributed by atoms with Crippen molar-refractivity contribution in [3.63, 3.8) is 0 Å². The number of carboxylic acid groups (broad SMARTS) is 2. The number of carbonyl (C=O) groups is 2. The number of hydrogen-bond donors (Lipinski definition) is 2. The quantitative estimate of drug-likeness (QED) is 0.532. The third-order valence-corrected chi connectivity index (χ3v) is 10.9. The van der Waals surface area contributed by atoms with Gasteiger partial charge < -0.3 is 0 Å². The summed E-state index contributed by atoms with van der Waals surface area (Å²) in [5, 5.41) is 18.1. The van der Waals surface area contributed by atoms with Gasteiger partial charge in [-0.2, -0.15) is 0 Å². The van der Waals surface area contributed by atoms with E-state index in [1.807, 2.05) is 0 Å². The molecule has 0 aromatic rings. The van der Waals surface area contributed by atoms with Crippen LogP contribution in [0.2, 0.25) is 0 Å². The van der Waals surface area contributed by atoms with Gasteiger partial charge in [-0.3, -0.25) is 0 Å². The van der Waals surface area contributed by atoms with Crippen molar-refractivity contribution >= 4 is 18.5 Å². The molecule has 4 nitrogen and oxygen atoms in total. The number of aliphatic carboxylic acids is 2. The number of rotatable bonds is 8. The molecule has 0 aromatic heterocycles.